The number of carbonyl (C=O) groups is 1. The van der Waals surface area contributed by atoms with Crippen LogP contribution < -0.4 is 5.73 Å². The third kappa shape index (κ3) is 4.94. The molecule has 0 aromatic carbocycles. The number of thiophene rings is 1. The molecule has 1 amide bonds. The molecule has 0 aliphatic carbocycles. The van der Waals surface area contributed by atoms with Crippen LogP contribution in [0.15, 0.2) is 11.4 Å². The summed E-state index contributed by atoms with van der Waals surface area (Å²) in [5.74, 6) is 5.66. The van der Waals surface area contributed by atoms with Gasteiger partial charge in [-0.25, -0.2) is 0 Å². The van der Waals surface area contributed by atoms with E-state index in [1.165, 1.54) is 11.3 Å². The van der Waals surface area contributed by atoms with Crippen molar-refractivity contribution in [1.29, 1.82) is 0 Å². The fourth-order valence-corrected chi connectivity index (χ4v) is 2.40. The quantitative estimate of drug-likeness (QED) is 0.756. The molecule has 0 aliphatic heterocycles. The van der Waals surface area contributed by atoms with Crippen LogP contribution in [0.25, 0.3) is 0 Å². The first kappa shape index (κ1) is 16.7. The lowest BCUT2D eigenvalue weighted by atomic mass is 10.2. The summed E-state index contributed by atoms with van der Waals surface area (Å²) in [5, 5.41) is 1.86. The van der Waals surface area contributed by atoms with Gasteiger partial charge in [0.25, 0.3) is 5.91 Å². The molecular weight excluding hydrogens is 276 g/mol. The van der Waals surface area contributed by atoms with Gasteiger partial charge >= 0.3 is 0 Å². The summed E-state index contributed by atoms with van der Waals surface area (Å²) >= 11 is 1.39. The number of carbonyl (C=O) groups excluding carboxylic acids is 1. The predicted octanol–water partition coefficient (Wildman–Crippen LogP) is 0.793. The third-order valence-corrected chi connectivity index (χ3v) is 3.50. The zero-order valence-electron chi connectivity index (χ0n) is 11.8. The Bertz CT molecular complexity index is 468. The molecule has 1 aromatic heterocycles. The summed E-state index contributed by atoms with van der Waals surface area (Å²) in [6.45, 7) is 2.32. The van der Waals surface area contributed by atoms with Gasteiger partial charge in [0, 0.05) is 32.9 Å². The number of amides is 1. The van der Waals surface area contributed by atoms with Gasteiger partial charge in [0.1, 0.15) is 4.88 Å². The Morgan fingerprint density at radius 2 is 2.00 bits per heavy atom. The Kier molecular flexibility index (Phi) is 7.92. The van der Waals surface area contributed by atoms with E-state index >= 15 is 0 Å². The van der Waals surface area contributed by atoms with Crippen LogP contribution >= 0.6 is 11.3 Å². The first-order valence-corrected chi connectivity index (χ1v) is 7.16. The molecule has 0 aliphatic rings. The molecule has 0 bridgehead atoms. The summed E-state index contributed by atoms with van der Waals surface area (Å²) < 4.78 is 10.1. The predicted molar refractivity (Wildman–Crippen MR) is 79.9 cm³/mol. The second kappa shape index (κ2) is 9.50. The lowest BCUT2D eigenvalue weighted by Crippen LogP contribution is -2.36. The van der Waals surface area contributed by atoms with Gasteiger partial charge in [0.05, 0.1) is 19.8 Å². The molecule has 2 N–H and O–H groups in total. The molecule has 6 heteroatoms. The van der Waals surface area contributed by atoms with Crippen molar-refractivity contribution in [2.75, 3.05) is 47.1 Å². The minimum absolute atomic E-state index is 0.0459. The van der Waals surface area contributed by atoms with Crippen LogP contribution in [0.5, 0.6) is 0 Å². The first-order valence-electron chi connectivity index (χ1n) is 6.28. The second-order valence-electron chi connectivity index (χ2n) is 3.95. The van der Waals surface area contributed by atoms with Gasteiger partial charge in [-0.2, -0.15) is 0 Å². The number of nitrogens with zero attached hydrogens (tertiary/aromatic N) is 1. The van der Waals surface area contributed by atoms with Gasteiger partial charge in [-0.05, 0) is 11.4 Å². The highest BCUT2D eigenvalue weighted by Crippen LogP contribution is 2.18. The first-order chi connectivity index (χ1) is 9.74. The number of ether oxygens (including phenoxy) is 2. The van der Waals surface area contributed by atoms with Gasteiger partial charge in [-0.3, -0.25) is 4.79 Å². The minimum Gasteiger partial charge on any atom is -0.383 e. The van der Waals surface area contributed by atoms with E-state index in [0.29, 0.717) is 31.2 Å². The van der Waals surface area contributed by atoms with E-state index in [0.717, 1.165) is 5.56 Å². The SMILES string of the molecule is COCCN(CCOC)C(=O)c1sccc1C#CCN. The van der Waals surface area contributed by atoms with Gasteiger partial charge in [0.15, 0.2) is 0 Å². The van der Waals surface area contributed by atoms with E-state index in [-0.39, 0.29) is 12.5 Å². The number of rotatable bonds is 7. The summed E-state index contributed by atoms with van der Waals surface area (Å²) in [6.07, 6.45) is 0. The van der Waals surface area contributed by atoms with Crippen LogP contribution in [0.3, 0.4) is 0 Å². The molecule has 0 atom stereocenters. The number of hydrogen-bond acceptors (Lipinski definition) is 5. The number of nitrogens with two attached hydrogens (primary N) is 1. The van der Waals surface area contributed by atoms with Crippen molar-refractivity contribution < 1.29 is 14.3 Å². The highest BCUT2D eigenvalue weighted by atomic mass is 32.1. The standard InChI is InChI=1S/C14H20N2O3S/c1-18-9-7-16(8-10-19-2)14(17)13-12(4-3-6-15)5-11-20-13/h5,11H,6-10,15H2,1-2H3. The molecule has 0 radical (unpaired) electrons. The van der Waals surface area contributed by atoms with Crippen LogP contribution in [0.2, 0.25) is 0 Å². The largest absolute Gasteiger partial charge is 0.383 e. The Morgan fingerprint density at radius 1 is 1.35 bits per heavy atom. The topological polar surface area (TPSA) is 64.8 Å². The fourth-order valence-electron chi connectivity index (χ4n) is 1.58. The zero-order valence-corrected chi connectivity index (χ0v) is 12.7. The fraction of sp³-hybridized carbons (Fsp3) is 0.500. The van der Waals surface area contributed by atoms with E-state index < -0.39 is 0 Å². The second-order valence-corrected chi connectivity index (χ2v) is 4.86. The van der Waals surface area contributed by atoms with Gasteiger partial charge < -0.3 is 20.1 Å². The lowest BCUT2D eigenvalue weighted by molar-refractivity contribution is 0.0631. The van der Waals surface area contributed by atoms with Crippen molar-refractivity contribution in [3.8, 4) is 11.8 Å². The highest BCUT2D eigenvalue weighted by molar-refractivity contribution is 7.12. The average Bonchev–Trinajstić information content (AvgIpc) is 2.93. The Morgan fingerprint density at radius 3 is 2.55 bits per heavy atom. The average molecular weight is 296 g/mol. The Hall–Kier alpha value is -1.39. The van der Waals surface area contributed by atoms with E-state index in [4.69, 9.17) is 15.2 Å². The molecule has 1 rings (SSSR count). The van der Waals surface area contributed by atoms with Crippen molar-refractivity contribution in [2.45, 2.75) is 0 Å². The minimum atomic E-state index is -0.0459. The summed E-state index contributed by atoms with van der Waals surface area (Å²) in [4.78, 5) is 14.9. The highest BCUT2D eigenvalue weighted by Gasteiger charge is 2.19. The molecule has 1 aromatic rings. The van der Waals surface area contributed by atoms with Crippen molar-refractivity contribution in [2.24, 2.45) is 5.73 Å². The van der Waals surface area contributed by atoms with Crippen LogP contribution in [-0.2, 0) is 9.47 Å². The van der Waals surface area contributed by atoms with Crippen molar-refractivity contribution in [3.63, 3.8) is 0 Å². The molecule has 0 unspecified atom stereocenters. The smallest absolute Gasteiger partial charge is 0.265 e. The van der Waals surface area contributed by atoms with E-state index in [2.05, 4.69) is 11.8 Å². The van der Waals surface area contributed by atoms with Crippen molar-refractivity contribution in [1.82, 2.24) is 4.90 Å². The maximum atomic E-state index is 12.5. The van der Waals surface area contributed by atoms with Crippen molar-refractivity contribution in [3.05, 3.63) is 21.9 Å². The van der Waals surface area contributed by atoms with E-state index in [9.17, 15) is 4.79 Å². The Balaban J connectivity index is 2.84. The Labute approximate surface area is 123 Å². The van der Waals surface area contributed by atoms with E-state index in [1.54, 1.807) is 19.1 Å². The summed E-state index contributed by atoms with van der Waals surface area (Å²) in [7, 11) is 3.23. The van der Waals surface area contributed by atoms with Crippen molar-refractivity contribution >= 4 is 17.2 Å². The molecule has 20 heavy (non-hydrogen) atoms. The van der Waals surface area contributed by atoms with Crippen LogP contribution in [0, 0.1) is 11.8 Å². The van der Waals surface area contributed by atoms with Gasteiger partial charge in [0.2, 0.25) is 0 Å². The molecule has 110 valence electrons. The monoisotopic (exact) mass is 296 g/mol. The molecule has 1 heterocycles. The maximum Gasteiger partial charge on any atom is 0.265 e. The molecule has 5 nitrogen and oxygen atoms in total. The molecule has 0 saturated carbocycles. The lowest BCUT2D eigenvalue weighted by Gasteiger charge is -2.21. The summed E-state index contributed by atoms with van der Waals surface area (Å²) in [5.41, 5.74) is 6.09. The molecule has 0 fully saturated rings. The van der Waals surface area contributed by atoms with Gasteiger partial charge in [-0.1, -0.05) is 11.8 Å². The zero-order chi connectivity index (χ0) is 14.8. The number of methoxy groups -OCH3 is 2. The van der Waals surface area contributed by atoms with Crippen LogP contribution in [0.4, 0.5) is 0 Å². The van der Waals surface area contributed by atoms with Crippen LogP contribution in [0.1, 0.15) is 15.2 Å². The number of hydrogen-bond donors (Lipinski definition) is 1. The summed E-state index contributed by atoms with van der Waals surface area (Å²) in [6, 6.07) is 1.84. The normalized spacial score (nSPS) is 9.95. The molecular formula is C14H20N2O3S. The molecule has 0 saturated heterocycles. The van der Waals surface area contributed by atoms with Gasteiger partial charge in [-0.15, -0.1) is 11.3 Å². The molecule has 0 spiro atoms. The maximum absolute atomic E-state index is 12.5. The third-order valence-electron chi connectivity index (χ3n) is 2.60. The van der Waals surface area contributed by atoms with Crippen LogP contribution in [-0.4, -0.2) is 57.9 Å². The van der Waals surface area contributed by atoms with E-state index in [1.807, 2.05) is 11.4 Å².